The first-order chi connectivity index (χ1) is 18.3. The van der Waals surface area contributed by atoms with Crippen LogP contribution in [-0.4, -0.2) is 64.5 Å². The number of sulfonamides is 1. The smallest absolute Gasteiger partial charge is 0.266 e. The second-order valence-electron chi connectivity index (χ2n) is 9.27. The monoisotopic (exact) mass is 553 g/mol. The van der Waals surface area contributed by atoms with Gasteiger partial charge in [0.1, 0.15) is 5.03 Å². The average Bonchev–Trinajstić information content (AvgIpc) is 3.37. The normalized spacial score (nSPS) is 14.7. The molecule has 2 aromatic heterocycles. The fourth-order valence-corrected chi connectivity index (χ4v) is 6.14. The molecule has 3 heterocycles. The number of benzene rings is 2. The van der Waals surface area contributed by atoms with Crippen molar-refractivity contribution in [2.45, 2.75) is 31.3 Å². The SMILES string of the molecule is CCCCn1nc(-c2ccc(C(=O)N3CCN(S(=O)(=O)c4cc5cc(Cl)ccc5[nH]4)CC3)cc2)ccc1=O. The van der Waals surface area contributed by atoms with E-state index in [1.54, 1.807) is 47.4 Å². The summed E-state index contributed by atoms with van der Waals surface area (Å²) >= 11 is 6.03. The zero-order valence-corrected chi connectivity index (χ0v) is 22.5. The van der Waals surface area contributed by atoms with Crippen LogP contribution in [0.1, 0.15) is 30.1 Å². The summed E-state index contributed by atoms with van der Waals surface area (Å²) in [4.78, 5) is 29.8. The molecule has 198 valence electrons. The van der Waals surface area contributed by atoms with E-state index in [-0.39, 0.29) is 42.7 Å². The first kappa shape index (κ1) is 26.1. The number of rotatable bonds is 7. The summed E-state index contributed by atoms with van der Waals surface area (Å²) in [5.41, 5.74) is 2.54. The minimum absolute atomic E-state index is 0.111. The Morgan fingerprint density at radius 2 is 1.74 bits per heavy atom. The molecule has 1 N–H and O–H groups in total. The number of H-pyrrole nitrogens is 1. The predicted octanol–water partition coefficient (Wildman–Crippen LogP) is 3.99. The van der Waals surface area contributed by atoms with Crippen LogP contribution < -0.4 is 5.56 Å². The number of aryl methyl sites for hydroxylation is 1. The zero-order valence-electron chi connectivity index (χ0n) is 20.9. The Bertz CT molecular complexity index is 1640. The summed E-state index contributed by atoms with van der Waals surface area (Å²) in [6, 6.07) is 17.0. The largest absolute Gasteiger partial charge is 0.345 e. The van der Waals surface area contributed by atoms with E-state index in [1.807, 2.05) is 12.1 Å². The van der Waals surface area contributed by atoms with Crippen molar-refractivity contribution in [1.82, 2.24) is 24.0 Å². The van der Waals surface area contributed by atoms with Crippen LogP contribution in [-0.2, 0) is 16.6 Å². The lowest BCUT2D eigenvalue weighted by molar-refractivity contribution is 0.0698. The molecule has 0 unspecified atom stereocenters. The lowest BCUT2D eigenvalue weighted by Gasteiger charge is -2.33. The number of halogens is 1. The molecule has 1 saturated heterocycles. The van der Waals surface area contributed by atoms with E-state index >= 15 is 0 Å². The summed E-state index contributed by atoms with van der Waals surface area (Å²) in [5.74, 6) is -0.158. The fourth-order valence-electron chi connectivity index (χ4n) is 4.52. The summed E-state index contributed by atoms with van der Waals surface area (Å²) in [5, 5.41) is 5.83. The van der Waals surface area contributed by atoms with Gasteiger partial charge in [0.15, 0.2) is 0 Å². The number of amides is 1. The number of hydrogen-bond donors (Lipinski definition) is 1. The van der Waals surface area contributed by atoms with Gasteiger partial charge in [0.25, 0.3) is 21.5 Å². The molecular weight excluding hydrogens is 526 g/mol. The molecule has 9 nitrogen and oxygen atoms in total. The number of carbonyl (C=O) groups is 1. The van der Waals surface area contributed by atoms with Crippen molar-refractivity contribution in [2.75, 3.05) is 26.2 Å². The van der Waals surface area contributed by atoms with Gasteiger partial charge in [-0.3, -0.25) is 9.59 Å². The van der Waals surface area contributed by atoms with Crippen LogP contribution in [0.2, 0.25) is 5.02 Å². The number of carbonyl (C=O) groups excluding carboxylic acids is 1. The molecule has 0 atom stereocenters. The van der Waals surface area contributed by atoms with E-state index in [1.165, 1.54) is 15.1 Å². The number of piperazine rings is 1. The lowest BCUT2D eigenvalue weighted by atomic mass is 10.1. The highest BCUT2D eigenvalue weighted by Gasteiger charge is 2.31. The van der Waals surface area contributed by atoms with Crippen molar-refractivity contribution in [2.24, 2.45) is 0 Å². The van der Waals surface area contributed by atoms with E-state index in [2.05, 4.69) is 17.0 Å². The average molecular weight is 554 g/mol. The summed E-state index contributed by atoms with van der Waals surface area (Å²) in [7, 11) is -3.73. The molecular formula is C27H28ClN5O4S. The van der Waals surface area contributed by atoms with E-state index in [9.17, 15) is 18.0 Å². The molecule has 11 heteroatoms. The van der Waals surface area contributed by atoms with Gasteiger partial charge < -0.3 is 9.88 Å². The number of fused-ring (bicyclic) bond motifs is 1. The van der Waals surface area contributed by atoms with Gasteiger partial charge in [-0.15, -0.1) is 0 Å². The standard InChI is InChI=1S/C27H28ClN5O4S/c1-2-3-12-33-26(34)11-10-24(30-33)19-4-6-20(7-5-19)27(35)31-13-15-32(16-14-31)38(36,37)25-18-21-17-22(28)8-9-23(21)29-25/h4-11,17-18,29H,2-3,12-16H2,1H3. The zero-order chi connectivity index (χ0) is 26.9. The van der Waals surface area contributed by atoms with Crippen LogP contribution in [0.3, 0.4) is 0 Å². The van der Waals surface area contributed by atoms with Crippen molar-refractivity contribution in [3.05, 3.63) is 81.6 Å². The maximum atomic E-state index is 13.2. The molecule has 1 amide bonds. The Hall–Kier alpha value is -3.47. The second kappa shape index (κ2) is 10.7. The number of aromatic nitrogens is 3. The van der Waals surface area contributed by atoms with Gasteiger partial charge >= 0.3 is 0 Å². The number of nitrogens with zero attached hydrogens (tertiary/aromatic N) is 4. The van der Waals surface area contributed by atoms with Gasteiger partial charge in [0, 0.05) is 65.8 Å². The Labute approximate surface area is 225 Å². The van der Waals surface area contributed by atoms with E-state index < -0.39 is 10.0 Å². The molecule has 0 aliphatic carbocycles. The molecule has 5 rings (SSSR count). The Kier molecular flexibility index (Phi) is 7.38. The van der Waals surface area contributed by atoms with Crippen molar-refractivity contribution in [3.63, 3.8) is 0 Å². The predicted molar refractivity (Wildman–Crippen MR) is 147 cm³/mol. The number of hydrogen-bond acceptors (Lipinski definition) is 5. The van der Waals surface area contributed by atoms with Crippen LogP contribution in [0.15, 0.2) is 70.5 Å². The van der Waals surface area contributed by atoms with E-state index in [4.69, 9.17) is 11.6 Å². The van der Waals surface area contributed by atoms with Gasteiger partial charge in [-0.1, -0.05) is 37.1 Å². The van der Waals surface area contributed by atoms with Gasteiger partial charge in [-0.05, 0) is 48.9 Å². The number of aromatic amines is 1. The molecule has 1 fully saturated rings. The van der Waals surface area contributed by atoms with E-state index in [0.717, 1.165) is 23.8 Å². The fraction of sp³-hybridized carbons (Fsp3) is 0.296. The highest BCUT2D eigenvalue weighted by Crippen LogP contribution is 2.25. The molecule has 0 saturated carbocycles. The first-order valence-corrected chi connectivity index (χ1v) is 14.3. The van der Waals surface area contributed by atoms with Crippen molar-refractivity contribution < 1.29 is 13.2 Å². The molecule has 0 bridgehead atoms. The van der Waals surface area contributed by atoms with Gasteiger partial charge in [-0.25, -0.2) is 13.1 Å². The Balaban J connectivity index is 1.25. The van der Waals surface area contributed by atoms with Gasteiger partial charge in [0.05, 0.1) is 5.69 Å². The maximum absolute atomic E-state index is 13.2. The molecule has 4 aromatic rings. The summed E-state index contributed by atoms with van der Waals surface area (Å²) in [6.45, 7) is 3.60. The molecule has 1 aliphatic rings. The van der Waals surface area contributed by atoms with Crippen LogP contribution in [0, 0.1) is 0 Å². The van der Waals surface area contributed by atoms with Crippen LogP contribution >= 0.6 is 11.6 Å². The first-order valence-electron chi connectivity index (χ1n) is 12.5. The quantitative estimate of drug-likeness (QED) is 0.372. The lowest BCUT2D eigenvalue weighted by Crippen LogP contribution is -2.50. The van der Waals surface area contributed by atoms with Crippen molar-refractivity contribution in [3.8, 4) is 11.3 Å². The van der Waals surface area contributed by atoms with Gasteiger partial charge in [-0.2, -0.15) is 9.40 Å². The Morgan fingerprint density at radius 1 is 1.00 bits per heavy atom. The minimum atomic E-state index is -3.73. The molecule has 1 aliphatic heterocycles. The van der Waals surface area contributed by atoms with Crippen LogP contribution in [0.5, 0.6) is 0 Å². The number of nitrogens with one attached hydrogen (secondary N) is 1. The third-order valence-electron chi connectivity index (χ3n) is 6.72. The maximum Gasteiger partial charge on any atom is 0.266 e. The summed E-state index contributed by atoms with van der Waals surface area (Å²) in [6.07, 6.45) is 1.84. The molecule has 0 spiro atoms. The third-order valence-corrected chi connectivity index (χ3v) is 8.78. The van der Waals surface area contributed by atoms with Crippen molar-refractivity contribution >= 4 is 38.4 Å². The Morgan fingerprint density at radius 3 is 2.45 bits per heavy atom. The second-order valence-corrected chi connectivity index (χ2v) is 11.6. The molecule has 38 heavy (non-hydrogen) atoms. The van der Waals surface area contributed by atoms with Crippen molar-refractivity contribution in [1.29, 1.82) is 0 Å². The highest BCUT2D eigenvalue weighted by atomic mass is 35.5. The highest BCUT2D eigenvalue weighted by molar-refractivity contribution is 7.89. The topological polar surface area (TPSA) is 108 Å². The molecule has 2 aromatic carbocycles. The molecule has 0 radical (unpaired) electrons. The minimum Gasteiger partial charge on any atom is -0.345 e. The van der Waals surface area contributed by atoms with E-state index in [0.29, 0.717) is 28.3 Å². The van der Waals surface area contributed by atoms with Crippen LogP contribution in [0.25, 0.3) is 22.2 Å². The van der Waals surface area contributed by atoms with Crippen LogP contribution in [0.4, 0.5) is 0 Å². The third kappa shape index (κ3) is 5.24. The van der Waals surface area contributed by atoms with Gasteiger partial charge in [0.2, 0.25) is 0 Å². The summed E-state index contributed by atoms with van der Waals surface area (Å²) < 4.78 is 29.3. The number of unbranched alkanes of at least 4 members (excludes halogenated alkanes) is 1.